The molecule has 0 unspecified atom stereocenters. The first-order valence-electron chi connectivity index (χ1n) is 9.71. The number of hydrogen-bond donors (Lipinski definition) is 1. The molecule has 2 heterocycles. The lowest BCUT2D eigenvalue weighted by molar-refractivity contribution is -0.137. The summed E-state index contributed by atoms with van der Waals surface area (Å²) in [5.74, 6) is 0.718. The maximum absolute atomic E-state index is 11.3. The first-order valence-corrected chi connectivity index (χ1v) is 10.1. The van der Waals surface area contributed by atoms with Crippen LogP contribution >= 0.6 is 11.6 Å². The van der Waals surface area contributed by atoms with E-state index < -0.39 is 0 Å². The molecule has 1 aliphatic heterocycles. The van der Waals surface area contributed by atoms with E-state index in [9.17, 15) is 4.79 Å². The fourth-order valence-corrected chi connectivity index (χ4v) is 3.60. The van der Waals surface area contributed by atoms with Crippen LogP contribution in [0.3, 0.4) is 0 Å². The number of ether oxygens (including phenoxy) is 1. The molecular weight excluding hydrogens is 376 g/mol. The number of halogens is 1. The van der Waals surface area contributed by atoms with Crippen LogP contribution in [0.1, 0.15) is 24.5 Å². The first kappa shape index (κ1) is 20.4. The Labute approximate surface area is 171 Å². The van der Waals surface area contributed by atoms with Gasteiger partial charge in [0.2, 0.25) is 0 Å². The molecule has 28 heavy (non-hydrogen) atoms. The second-order valence-electron chi connectivity index (χ2n) is 6.79. The minimum absolute atomic E-state index is 0.301. The van der Waals surface area contributed by atoms with E-state index in [4.69, 9.17) is 21.4 Å². The van der Waals surface area contributed by atoms with E-state index in [1.807, 2.05) is 23.9 Å². The molecule has 0 fully saturated rings. The molecule has 0 aliphatic carbocycles. The quantitative estimate of drug-likeness (QED) is 0.416. The number of carbonyl (C=O) groups is 1. The third-order valence-corrected chi connectivity index (χ3v) is 4.91. The van der Waals surface area contributed by atoms with E-state index >= 15 is 0 Å². The van der Waals surface area contributed by atoms with Crippen molar-refractivity contribution < 1.29 is 9.53 Å². The zero-order chi connectivity index (χ0) is 19.9. The molecule has 6 nitrogen and oxygen atoms in total. The molecule has 1 aromatic heterocycles. The fourth-order valence-electron chi connectivity index (χ4n) is 3.43. The fraction of sp³-hybridized carbons (Fsp3) is 0.429. The van der Waals surface area contributed by atoms with Gasteiger partial charge in [-0.05, 0) is 50.4 Å². The zero-order valence-electron chi connectivity index (χ0n) is 16.4. The van der Waals surface area contributed by atoms with E-state index in [0.29, 0.717) is 13.2 Å². The minimum Gasteiger partial charge on any atom is -0.463 e. The molecule has 3 rings (SSSR count). The average Bonchev–Trinajstić information content (AvgIpc) is 2.97. The van der Waals surface area contributed by atoms with Crippen LogP contribution < -0.4 is 10.2 Å². The number of esters is 1. The lowest BCUT2D eigenvalue weighted by Crippen LogP contribution is -2.25. The Morgan fingerprint density at radius 2 is 2.18 bits per heavy atom. The van der Waals surface area contributed by atoms with E-state index in [-0.39, 0.29) is 5.97 Å². The standard InChI is InChI=1S/C21H27ClN4O2/c1-3-28-20(27)6-4-11-23-12-5-13-26-19-14-18(22)10-9-16(19)7-8-17-15-25(2)24-21(17)26/h4,6,9-10,14-15,23H,3,5,7-8,11-13H2,1-2H3/b6-4+. The van der Waals surface area contributed by atoms with Crippen LogP contribution in [0.4, 0.5) is 11.5 Å². The van der Waals surface area contributed by atoms with Crippen LogP contribution in [0.2, 0.25) is 5.02 Å². The Morgan fingerprint density at radius 3 is 3.00 bits per heavy atom. The van der Waals surface area contributed by atoms with Gasteiger partial charge >= 0.3 is 5.97 Å². The zero-order valence-corrected chi connectivity index (χ0v) is 17.2. The largest absolute Gasteiger partial charge is 0.463 e. The van der Waals surface area contributed by atoms with Crippen molar-refractivity contribution in [3.63, 3.8) is 0 Å². The number of nitrogens with one attached hydrogen (secondary N) is 1. The number of carbonyl (C=O) groups excluding carboxylic acids is 1. The highest BCUT2D eigenvalue weighted by atomic mass is 35.5. The Bertz CT molecular complexity index is 847. The SMILES string of the molecule is CCOC(=O)/C=C/CNCCCN1c2cc(Cl)ccc2CCc2cn(C)nc21. The highest BCUT2D eigenvalue weighted by Gasteiger charge is 2.23. The van der Waals surface area contributed by atoms with Crippen LogP contribution in [-0.4, -0.2) is 42.0 Å². The van der Waals surface area contributed by atoms with Crippen molar-refractivity contribution in [1.29, 1.82) is 0 Å². The molecule has 0 spiro atoms. The number of anilines is 2. The summed E-state index contributed by atoms with van der Waals surface area (Å²) < 4.78 is 6.74. The van der Waals surface area contributed by atoms with Crippen molar-refractivity contribution in [2.75, 3.05) is 31.1 Å². The van der Waals surface area contributed by atoms with E-state index in [1.54, 1.807) is 13.0 Å². The topological polar surface area (TPSA) is 59.4 Å². The number of rotatable bonds is 8. The maximum atomic E-state index is 11.3. The lowest BCUT2D eigenvalue weighted by atomic mass is 10.1. The first-order chi connectivity index (χ1) is 13.6. The highest BCUT2D eigenvalue weighted by Crippen LogP contribution is 2.36. The van der Waals surface area contributed by atoms with Crippen LogP contribution in [-0.2, 0) is 29.4 Å². The van der Waals surface area contributed by atoms with Gasteiger partial charge in [-0.15, -0.1) is 0 Å². The second-order valence-corrected chi connectivity index (χ2v) is 7.22. The van der Waals surface area contributed by atoms with Crippen molar-refractivity contribution >= 4 is 29.1 Å². The predicted molar refractivity (Wildman–Crippen MR) is 112 cm³/mol. The molecule has 0 amide bonds. The average molecular weight is 403 g/mol. The molecule has 0 bridgehead atoms. The van der Waals surface area contributed by atoms with E-state index in [0.717, 1.165) is 48.9 Å². The molecule has 1 N–H and O–H groups in total. The third-order valence-electron chi connectivity index (χ3n) is 4.68. The van der Waals surface area contributed by atoms with Gasteiger partial charge in [0.05, 0.1) is 6.61 Å². The summed E-state index contributed by atoms with van der Waals surface area (Å²) in [6.45, 7) is 4.50. The summed E-state index contributed by atoms with van der Waals surface area (Å²) in [6, 6.07) is 6.12. The minimum atomic E-state index is -0.301. The van der Waals surface area contributed by atoms with Crippen LogP contribution in [0.25, 0.3) is 0 Å². The van der Waals surface area contributed by atoms with E-state index in [2.05, 4.69) is 22.5 Å². The molecule has 7 heteroatoms. The number of aryl methyl sites for hydroxylation is 3. The lowest BCUT2D eigenvalue weighted by Gasteiger charge is -2.24. The Balaban J connectivity index is 1.61. The van der Waals surface area contributed by atoms with Gasteiger partial charge in [0.1, 0.15) is 0 Å². The summed E-state index contributed by atoms with van der Waals surface area (Å²) in [5, 5.41) is 8.77. The summed E-state index contributed by atoms with van der Waals surface area (Å²) in [7, 11) is 1.96. The van der Waals surface area contributed by atoms with Crippen molar-refractivity contribution in [2.24, 2.45) is 7.05 Å². The summed E-state index contributed by atoms with van der Waals surface area (Å²) in [5.41, 5.74) is 3.71. The monoisotopic (exact) mass is 402 g/mol. The number of hydrogen-bond acceptors (Lipinski definition) is 5. The highest BCUT2D eigenvalue weighted by molar-refractivity contribution is 6.30. The number of fused-ring (bicyclic) bond motifs is 2. The third kappa shape index (κ3) is 5.14. The number of benzene rings is 1. The molecule has 1 aliphatic rings. The summed E-state index contributed by atoms with van der Waals surface area (Å²) >= 11 is 6.28. The van der Waals surface area contributed by atoms with Crippen molar-refractivity contribution in [3.8, 4) is 0 Å². The molecule has 0 saturated carbocycles. The van der Waals surface area contributed by atoms with Crippen molar-refractivity contribution in [2.45, 2.75) is 26.2 Å². The van der Waals surface area contributed by atoms with Gasteiger partial charge in [-0.25, -0.2) is 4.79 Å². The van der Waals surface area contributed by atoms with Crippen LogP contribution in [0.15, 0.2) is 36.5 Å². The van der Waals surface area contributed by atoms with Crippen LogP contribution in [0, 0.1) is 0 Å². The van der Waals surface area contributed by atoms with Crippen LogP contribution in [0.5, 0.6) is 0 Å². The molecule has 0 saturated heterocycles. The van der Waals surface area contributed by atoms with Gasteiger partial charge in [-0.2, -0.15) is 5.10 Å². The van der Waals surface area contributed by atoms with Gasteiger partial charge in [0.15, 0.2) is 5.82 Å². The molecule has 150 valence electrons. The molecular formula is C21H27ClN4O2. The van der Waals surface area contributed by atoms with Gasteiger partial charge in [0, 0.05) is 48.7 Å². The Morgan fingerprint density at radius 1 is 1.36 bits per heavy atom. The Hall–Kier alpha value is -2.31. The smallest absolute Gasteiger partial charge is 0.330 e. The van der Waals surface area contributed by atoms with Crippen molar-refractivity contribution in [1.82, 2.24) is 15.1 Å². The van der Waals surface area contributed by atoms with E-state index in [1.165, 1.54) is 17.2 Å². The van der Waals surface area contributed by atoms with Gasteiger partial charge < -0.3 is 15.0 Å². The Kier molecular flexibility index (Phi) is 7.12. The molecule has 0 radical (unpaired) electrons. The summed E-state index contributed by atoms with van der Waals surface area (Å²) in [6.07, 6.45) is 8.26. The molecule has 0 atom stereocenters. The van der Waals surface area contributed by atoms with Crippen molar-refractivity contribution in [3.05, 3.63) is 52.7 Å². The molecule has 1 aromatic carbocycles. The molecule has 2 aromatic rings. The van der Waals surface area contributed by atoms with Gasteiger partial charge in [-0.1, -0.05) is 23.7 Å². The predicted octanol–water partition coefficient (Wildman–Crippen LogP) is 3.41. The normalized spacial score (nSPS) is 13.3. The number of aromatic nitrogens is 2. The maximum Gasteiger partial charge on any atom is 0.330 e. The second kappa shape index (κ2) is 9.75. The summed E-state index contributed by atoms with van der Waals surface area (Å²) in [4.78, 5) is 13.5. The van der Waals surface area contributed by atoms with Gasteiger partial charge in [-0.3, -0.25) is 4.68 Å². The number of nitrogens with zero attached hydrogens (tertiary/aromatic N) is 3. The van der Waals surface area contributed by atoms with Gasteiger partial charge in [0.25, 0.3) is 0 Å².